The van der Waals surface area contributed by atoms with Gasteiger partial charge in [0.1, 0.15) is 12.1 Å². The van der Waals surface area contributed by atoms with Crippen molar-refractivity contribution in [1.82, 2.24) is 0 Å². The van der Waals surface area contributed by atoms with Gasteiger partial charge in [0, 0.05) is 0 Å². The van der Waals surface area contributed by atoms with Crippen molar-refractivity contribution in [1.29, 1.82) is 10.5 Å². The monoisotopic (exact) mass is 329 g/mol. The van der Waals surface area contributed by atoms with Gasteiger partial charge in [0.25, 0.3) is 5.69 Å². The van der Waals surface area contributed by atoms with E-state index in [0.717, 1.165) is 0 Å². The number of nitro benzene ring substituents is 1. The zero-order valence-electron chi connectivity index (χ0n) is 8.82. The lowest BCUT2D eigenvalue weighted by molar-refractivity contribution is -0.384. The van der Waals surface area contributed by atoms with Crippen LogP contribution >= 0.6 is 15.9 Å². The molecule has 0 unspecified atom stereocenters. The van der Waals surface area contributed by atoms with Crippen molar-refractivity contribution in [3.8, 4) is 12.1 Å². The number of nitro groups is 1. The molecular formula is C9H2BrF2N5O2. The number of hydrazone groups is 1. The summed E-state index contributed by atoms with van der Waals surface area (Å²) in [6.45, 7) is 0. The molecule has 96 valence electrons. The van der Waals surface area contributed by atoms with Gasteiger partial charge >= 0.3 is 0 Å². The number of rotatable bonds is 3. The summed E-state index contributed by atoms with van der Waals surface area (Å²) in [6, 6.07) is 3.14. The number of nitrogens with one attached hydrogen (secondary N) is 1. The first kappa shape index (κ1) is 14.5. The van der Waals surface area contributed by atoms with Crippen molar-refractivity contribution in [2.75, 3.05) is 5.43 Å². The zero-order valence-corrected chi connectivity index (χ0v) is 10.4. The zero-order chi connectivity index (χ0) is 14.6. The normalized spacial score (nSPS) is 9.11. The summed E-state index contributed by atoms with van der Waals surface area (Å²) in [6.07, 6.45) is 0. The van der Waals surface area contributed by atoms with Gasteiger partial charge in [-0.1, -0.05) is 0 Å². The van der Waals surface area contributed by atoms with Gasteiger partial charge in [-0.15, -0.1) is 0 Å². The Hall–Kier alpha value is -2.59. The lowest BCUT2D eigenvalue weighted by Gasteiger charge is -2.06. The van der Waals surface area contributed by atoms with Crippen molar-refractivity contribution in [3.05, 3.63) is 32.3 Å². The fraction of sp³-hybridized carbons (Fsp3) is 0. The van der Waals surface area contributed by atoms with Crippen molar-refractivity contribution in [2.45, 2.75) is 0 Å². The quantitative estimate of drug-likeness (QED) is 0.395. The van der Waals surface area contributed by atoms with E-state index in [1.165, 1.54) is 12.1 Å². The van der Waals surface area contributed by atoms with Crippen LogP contribution in [0.5, 0.6) is 0 Å². The summed E-state index contributed by atoms with van der Waals surface area (Å²) in [5.41, 5.74) is 0.0386. The van der Waals surface area contributed by atoms with Crippen LogP contribution in [0.3, 0.4) is 0 Å². The highest BCUT2D eigenvalue weighted by molar-refractivity contribution is 9.10. The van der Waals surface area contributed by atoms with Crippen molar-refractivity contribution >= 4 is 33.0 Å². The van der Waals surface area contributed by atoms with E-state index in [0.29, 0.717) is 6.07 Å². The number of benzene rings is 1. The molecule has 1 N–H and O–H groups in total. The fourth-order valence-corrected chi connectivity index (χ4v) is 1.50. The minimum absolute atomic E-state index is 0.358. The Kier molecular flexibility index (Phi) is 4.45. The minimum atomic E-state index is -1.42. The summed E-state index contributed by atoms with van der Waals surface area (Å²) < 4.78 is 25.7. The molecule has 0 atom stereocenters. The Morgan fingerprint density at radius 2 is 2.05 bits per heavy atom. The van der Waals surface area contributed by atoms with E-state index >= 15 is 0 Å². The van der Waals surface area contributed by atoms with Crippen LogP contribution in [0.15, 0.2) is 15.6 Å². The van der Waals surface area contributed by atoms with Crippen LogP contribution in [-0.4, -0.2) is 10.6 Å². The molecule has 1 aromatic carbocycles. The molecule has 0 aliphatic rings. The van der Waals surface area contributed by atoms with Gasteiger partial charge in [-0.05, 0) is 15.9 Å². The first-order valence-electron chi connectivity index (χ1n) is 4.38. The van der Waals surface area contributed by atoms with Gasteiger partial charge in [-0.2, -0.15) is 15.6 Å². The number of hydrogen-bond acceptors (Lipinski definition) is 6. The largest absolute Gasteiger partial charge is 0.298 e. The molecular weight excluding hydrogens is 328 g/mol. The van der Waals surface area contributed by atoms with Gasteiger partial charge < -0.3 is 0 Å². The van der Waals surface area contributed by atoms with E-state index < -0.39 is 38.1 Å². The second-order valence-corrected chi connectivity index (χ2v) is 3.73. The van der Waals surface area contributed by atoms with E-state index in [1.54, 1.807) is 0 Å². The maximum atomic E-state index is 13.3. The molecule has 7 nitrogen and oxygen atoms in total. The molecule has 0 aliphatic heterocycles. The second kappa shape index (κ2) is 5.84. The highest BCUT2D eigenvalue weighted by atomic mass is 79.9. The molecule has 10 heteroatoms. The van der Waals surface area contributed by atoms with Gasteiger partial charge in [0.2, 0.25) is 5.71 Å². The minimum Gasteiger partial charge on any atom is -0.269 e. The maximum Gasteiger partial charge on any atom is 0.298 e. The molecule has 0 spiro atoms. The smallest absolute Gasteiger partial charge is 0.269 e. The average Bonchev–Trinajstić information content (AvgIpc) is 2.38. The fourth-order valence-electron chi connectivity index (χ4n) is 1.02. The first-order valence-corrected chi connectivity index (χ1v) is 5.17. The molecule has 1 rings (SSSR count). The van der Waals surface area contributed by atoms with Crippen molar-refractivity contribution in [2.24, 2.45) is 5.10 Å². The van der Waals surface area contributed by atoms with Crippen molar-refractivity contribution in [3.63, 3.8) is 0 Å². The molecule has 0 aliphatic carbocycles. The summed E-state index contributed by atoms with van der Waals surface area (Å²) in [5, 5.41) is 30.8. The third-order valence-corrected chi connectivity index (χ3v) is 2.57. The standard InChI is InChI=1S/C9H2BrF2N5O2/c10-7-8(12)5(11)1-6(17(18)19)9(7)16-15-4(2-13)3-14/h1,16H. The van der Waals surface area contributed by atoms with Crippen molar-refractivity contribution < 1.29 is 13.7 Å². The molecule has 1 aromatic rings. The second-order valence-electron chi connectivity index (χ2n) is 2.93. The number of halogens is 3. The van der Waals surface area contributed by atoms with Crippen LogP contribution in [0.1, 0.15) is 0 Å². The van der Waals surface area contributed by atoms with Crippen LogP contribution < -0.4 is 5.43 Å². The van der Waals surface area contributed by atoms with Crippen LogP contribution in [0.4, 0.5) is 20.2 Å². The Morgan fingerprint density at radius 3 is 2.53 bits per heavy atom. The molecule has 0 heterocycles. The third kappa shape index (κ3) is 3.00. The number of anilines is 1. The molecule has 0 radical (unpaired) electrons. The highest BCUT2D eigenvalue weighted by Crippen LogP contribution is 2.36. The third-order valence-electron chi connectivity index (χ3n) is 1.83. The summed E-state index contributed by atoms with van der Waals surface area (Å²) in [5.74, 6) is -2.78. The van der Waals surface area contributed by atoms with Crippen LogP contribution in [0.2, 0.25) is 0 Å². The molecule has 0 aromatic heterocycles. The van der Waals surface area contributed by atoms with Gasteiger partial charge in [0.05, 0.1) is 15.5 Å². The average molecular weight is 330 g/mol. The van der Waals surface area contributed by atoms with Gasteiger partial charge in [0.15, 0.2) is 17.3 Å². The van der Waals surface area contributed by atoms with E-state index in [9.17, 15) is 18.9 Å². The first-order chi connectivity index (χ1) is 8.92. The SMILES string of the molecule is N#CC(C#N)=NNc1c([N+](=O)[O-])cc(F)c(F)c1Br. The van der Waals surface area contributed by atoms with E-state index in [4.69, 9.17) is 10.5 Å². The Bertz CT molecular complexity index is 646. The Balaban J connectivity index is 3.39. The van der Waals surface area contributed by atoms with Crippen LogP contribution in [-0.2, 0) is 0 Å². The van der Waals surface area contributed by atoms with Crippen LogP contribution in [0, 0.1) is 44.4 Å². The van der Waals surface area contributed by atoms with E-state index in [1.807, 2.05) is 5.43 Å². The molecule has 0 bridgehead atoms. The highest BCUT2D eigenvalue weighted by Gasteiger charge is 2.24. The molecule has 0 amide bonds. The van der Waals surface area contributed by atoms with E-state index in [2.05, 4.69) is 21.0 Å². The van der Waals surface area contributed by atoms with Gasteiger partial charge in [-0.3, -0.25) is 15.5 Å². The molecule has 0 saturated carbocycles. The lowest BCUT2D eigenvalue weighted by atomic mass is 10.2. The number of nitriles is 2. The topological polar surface area (TPSA) is 115 Å². The Morgan fingerprint density at radius 1 is 1.47 bits per heavy atom. The number of hydrogen-bond donors (Lipinski definition) is 1. The summed E-state index contributed by atoms with van der Waals surface area (Å²) >= 11 is 2.63. The Labute approximate surface area is 113 Å². The maximum absolute atomic E-state index is 13.3. The van der Waals surface area contributed by atoms with Gasteiger partial charge in [-0.25, -0.2) is 8.78 Å². The van der Waals surface area contributed by atoms with Crippen LogP contribution in [0.25, 0.3) is 0 Å². The predicted molar refractivity (Wildman–Crippen MR) is 63.0 cm³/mol. The number of nitrogens with zero attached hydrogens (tertiary/aromatic N) is 4. The molecule has 0 saturated heterocycles. The predicted octanol–water partition coefficient (Wildman–Crippen LogP) is 2.45. The lowest BCUT2D eigenvalue weighted by Crippen LogP contribution is -2.03. The van der Waals surface area contributed by atoms with E-state index in [-0.39, 0.29) is 0 Å². The summed E-state index contributed by atoms with van der Waals surface area (Å²) in [4.78, 5) is 9.73. The summed E-state index contributed by atoms with van der Waals surface area (Å²) in [7, 11) is 0. The molecule has 0 fully saturated rings. The molecule has 19 heavy (non-hydrogen) atoms.